The SMILES string of the molecule is Cl.O=C(c1ccccc1)N1CCN(C(=O)C2CC(F)(F)CN2)CC1. The van der Waals surface area contributed by atoms with Gasteiger partial charge in [-0.05, 0) is 12.1 Å². The highest BCUT2D eigenvalue weighted by Gasteiger charge is 2.43. The van der Waals surface area contributed by atoms with Crippen molar-refractivity contribution in [2.24, 2.45) is 0 Å². The van der Waals surface area contributed by atoms with E-state index >= 15 is 0 Å². The number of carbonyl (C=O) groups is 2. The first-order valence-electron chi connectivity index (χ1n) is 7.71. The monoisotopic (exact) mass is 359 g/mol. The molecule has 0 spiro atoms. The van der Waals surface area contributed by atoms with Crippen LogP contribution in [0.2, 0.25) is 0 Å². The Morgan fingerprint density at radius 2 is 1.62 bits per heavy atom. The van der Waals surface area contributed by atoms with Gasteiger partial charge in [-0.25, -0.2) is 8.78 Å². The van der Waals surface area contributed by atoms with Gasteiger partial charge >= 0.3 is 0 Å². The third kappa shape index (κ3) is 4.02. The summed E-state index contributed by atoms with van der Waals surface area (Å²) >= 11 is 0. The van der Waals surface area contributed by atoms with Gasteiger partial charge in [0.25, 0.3) is 11.8 Å². The molecule has 132 valence electrons. The van der Waals surface area contributed by atoms with Crippen molar-refractivity contribution < 1.29 is 18.4 Å². The Bertz CT molecular complexity index is 592. The van der Waals surface area contributed by atoms with E-state index < -0.39 is 24.9 Å². The Balaban J connectivity index is 0.00000208. The summed E-state index contributed by atoms with van der Waals surface area (Å²) in [4.78, 5) is 27.8. The van der Waals surface area contributed by atoms with Gasteiger partial charge in [-0.3, -0.25) is 14.9 Å². The van der Waals surface area contributed by atoms with Crippen LogP contribution in [0.4, 0.5) is 8.78 Å². The summed E-state index contributed by atoms with van der Waals surface area (Å²) in [5.74, 6) is -3.18. The van der Waals surface area contributed by atoms with Crippen LogP contribution in [0.15, 0.2) is 30.3 Å². The molecule has 0 aromatic heterocycles. The van der Waals surface area contributed by atoms with E-state index in [2.05, 4.69) is 5.32 Å². The van der Waals surface area contributed by atoms with Gasteiger partial charge in [-0.2, -0.15) is 0 Å². The molecule has 8 heteroatoms. The summed E-state index contributed by atoms with van der Waals surface area (Å²) in [6.07, 6.45) is -0.449. The predicted molar refractivity (Wildman–Crippen MR) is 87.5 cm³/mol. The molecule has 1 unspecified atom stereocenters. The lowest BCUT2D eigenvalue weighted by molar-refractivity contribution is -0.135. The maximum Gasteiger partial charge on any atom is 0.262 e. The van der Waals surface area contributed by atoms with E-state index in [1.165, 1.54) is 0 Å². The van der Waals surface area contributed by atoms with E-state index in [1.54, 1.807) is 34.1 Å². The number of nitrogens with one attached hydrogen (secondary N) is 1. The van der Waals surface area contributed by atoms with Crippen LogP contribution in [0.5, 0.6) is 0 Å². The van der Waals surface area contributed by atoms with E-state index in [0.29, 0.717) is 31.7 Å². The standard InChI is InChI=1S/C16H19F2N3O2.ClH/c17-16(18)10-13(19-11-16)15(23)21-8-6-20(7-9-21)14(22)12-4-2-1-3-5-12;/h1-5,13,19H,6-11H2;1H. The number of hydrogen-bond acceptors (Lipinski definition) is 3. The molecule has 1 atom stereocenters. The van der Waals surface area contributed by atoms with Crippen molar-refractivity contribution in [3.05, 3.63) is 35.9 Å². The van der Waals surface area contributed by atoms with Gasteiger partial charge in [0, 0.05) is 38.2 Å². The summed E-state index contributed by atoms with van der Waals surface area (Å²) in [5.41, 5.74) is 0.615. The van der Waals surface area contributed by atoms with Crippen LogP contribution in [-0.2, 0) is 4.79 Å². The molecule has 0 radical (unpaired) electrons. The first-order chi connectivity index (χ1) is 11.0. The molecule has 1 aromatic carbocycles. The number of rotatable bonds is 2. The van der Waals surface area contributed by atoms with Crippen molar-refractivity contribution in [1.82, 2.24) is 15.1 Å². The second-order valence-electron chi connectivity index (χ2n) is 5.98. The van der Waals surface area contributed by atoms with Gasteiger partial charge in [0.05, 0.1) is 12.6 Å². The quantitative estimate of drug-likeness (QED) is 0.868. The number of hydrogen-bond donors (Lipinski definition) is 1. The summed E-state index contributed by atoms with van der Waals surface area (Å²) in [6.45, 7) is 1.14. The van der Waals surface area contributed by atoms with Crippen molar-refractivity contribution in [3.63, 3.8) is 0 Å². The molecule has 3 rings (SSSR count). The first-order valence-corrected chi connectivity index (χ1v) is 7.71. The topological polar surface area (TPSA) is 52.7 Å². The normalized spacial score (nSPS) is 22.8. The van der Waals surface area contributed by atoms with Crippen LogP contribution in [0.25, 0.3) is 0 Å². The van der Waals surface area contributed by atoms with E-state index in [0.717, 1.165) is 0 Å². The smallest absolute Gasteiger partial charge is 0.262 e. The Morgan fingerprint density at radius 3 is 2.17 bits per heavy atom. The molecular weight excluding hydrogens is 340 g/mol. The fourth-order valence-corrected chi connectivity index (χ4v) is 3.00. The van der Waals surface area contributed by atoms with Gasteiger partial charge < -0.3 is 9.80 Å². The lowest BCUT2D eigenvalue weighted by Gasteiger charge is -2.36. The highest BCUT2D eigenvalue weighted by Crippen LogP contribution is 2.26. The zero-order valence-electron chi connectivity index (χ0n) is 13.1. The molecule has 2 aliphatic rings. The van der Waals surface area contributed by atoms with Crippen LogP contribution >= 0.6 is 12.4 Å². The molecular formula is C16H20ClF2N3O2. The molecule has 0 bridgehead atoms. The minimum absolute atomic E-state index is 0. The van der Waals surface area contributed by atoms with Crippen molar-refractivity contribution in [2.45, 2.75) is 18.4 Å². The number of halogens is 3. The van der Waals surface area contributed by atoms with Gasteiger partial charge in [-0.1, -0.05) is 18.2 Å². The second kappa shape index (κ2) is 7.44. The highest BCUT2D eigenvalue weighted by atomic mass is 35.5. The minimum Gasteiger partial charge on any atom is -0.338 e. The maximum absolute atomic E-state index is 13.2. The molecule has 5 nitrogen and oxygen atoms in total. The Hall–Kier alpha value is -1.73. The number of benzene rings is 1. The molecule has 0 saturated carbocycles. The van der Waals surface area contributed by atoms with Crippen molar-refractivity contribution in [3.8, 4) is 0 Å². The third-order valence-electron chi connectivity index (χ3n) is 4.31. The highest BCUT2D eigenvalue weighted by molar-refractivity contribution is 5.94. The van der Waals surface area contributed by atoms with Crippen LogP contribution in [0, 0.1) is 0 Å². The summed E-state index contributed by atoms with van der Waals surface area (Å²) in [6, 6.07) is 8.14. The third-order valence-corrected chi connectivity index (χ3v) is 4.31. The molecule has 1 N–H and O–H groups in total. The fraction of sp³-hybridized carbons (Fsp3) is 0.500. The van der Waals surface area contributed by atoms with E-state index in [-0.39, 0.29) is 24.2 Å². The fourth-order valence-electron chi connectivity index (χ4n) is 3.00. The second-order valence-corrected chi connectivity index (χ2v) is 5.98. The van der Waals surface area contributed by atoms with Crippen molar-refractivity contribution in [1.29, 1.82) is 0 Å². The average Bonchev–Trinajstić information content (AvgIpc) is 2.94. The van der Waals surface area contributed by atoms with E-state index in [4.69, 9.17) is 0 Å². The van der Waals surface area contributed by atoms with Crippen LogP contribution < -0.4 is 5.32 Å². The molecule has 2 heterocycles. The summed E-state index contributed by atoms with van der Waals surface area (Å²) in [7, 11) is 0. The Labute approximate surface area is 145 Å². The molecule has 2 fully saturated rings. The predicted octanol–water partition coefficient (Wildman–Crippen LogP) is 1.39. The zero-order chi connectivity index (χ0) is 16.4. The van der Waals surface area contributed by atoms with Crippen molar-refractivity contribution in [2.75, 3.05) is 32.7 Å². The molecule has 1 aromatic rings. The Kier molecular flexibility index (Phi) is 5.77. The van der Waals surface area contributed by atoms with Gasteiger partial charge in [0.1, 0.15) is 0 Å². The van der Waals surface area contributed by atoms with Gasteiger partial charge in [0.15, 0.2) is 0 Å². The van der Waals surface area contributed by atoms with E-state index in [1.807, 2.05) is 6.07 Å². The number of piperazine rings is 1. The Morgan fingerprint density at radius 1 is 1.04 bits per heavy atom. The molecule has 2 saturated heterocycles. The first kappa shape index (κ1) is 18.6. The summed E-state index contributed by atoms with van der Waals surface area (Å²) in [5, 5.41) is 2.58. The summed E-state index contributed by atoms with van der Waals surface area (Å²) < 4.78 is 26.4. The molecule has 0 aliphatic carbocycles. The minimum atomic E-state index is -2.81. The number of alkyl halides is 2. The van der Waals surface area contributed by atoms with E-state index in [9.17, 15) is 18.4 Å². The molecule has 2 amide bonds. The van der Waals surface area contributed by atoms with Crippen LogP contribution in [0.1, 0.15) is 16.8 Å². The molecule has 24 heavy (non-hydrogen) atoms. The van der Waals surface area contributed by atoms with Crippen molar-refractivity contribution >= 4 is 24.2 Å². The van der Waals surface area contributed by atoms with Crippen LogP contribution in [-0.4, -0.2) is 66.3 Å². The number of carbonyl (C=O) groups excluding carboxylic acids is 2. The average molecular weight is 360 g/mol. The lowest BCUT2D eigenvalue weighted by Crippen LogP contribution is -2.54. The zero-order valence-corrected chi connectivity index (χ0v) is 13.9. The maximum atomic E-state index is 13.2. The lowest BCUT2D eigenvalue weighted by atomic mass is 10.1. The van der Waals surface area contributed by atoms with Crippen LogP contribution in [0.3, 0.4) is 0 Å². The number of nitrogens with zero attached hydrogens (tertiary/aromatic N) is 2. The number of amides is 2. The van der Waals surface area contributed by atoms with Gasteiger partial charge in [0.2, 0.25) is 5.91 Å². The molecule has 2 aliphatic heterocycles. The largest absolute Gasteiger partial charge is 0.338 e. The van der Waals surface area contributed by atoms with Gasteiger partial charge in [-0.15, -0.1) is 12.4 Å².